The monoisotopic (exact) mass is 389 g/mol. The van der Waals surface area contributed by atoms with Crippen LogP contribution in [-0.2, 0) is 27.8 Å². The summed E-state index contributed by atoms with van der Waals surface area (Å²) in [7, 11) is -3.17. The minimum atomic E-state index is -3.17. The molecule has 136 valence electrons. The van der Waals surface area contributed by atoms with Crippen LogP contribution >= 0.6 is 11.3 Å². The topological polar surface area (TPSA) is 79.4 Å². The Morgan fingerprint density at radius 2 is 2.04 bits per heavy atom. The number of anilines is 1. The first kappa shape index (κ1) is 17.4. The molecule has 6 nitrogen and oxygen atoms in total. The van der Waals surface area contributed by atoms with E-state index in [1.54, 1.807) is 10.4 Å². The van der Waals surface area contributed by atoms with Crippen LogP contribution in [-0.4, -0.2) is 35.4 Å². The van der Waals surface area contributed by atoms with E-state index >= 15 is 0 Å². The number of aromatic nitrogens is 1. The van der Waals surface area contributed by atoms with Gasteiger partial charge < -0.3 is 0 Å². The second kappa shape index (κ2) is 6.94. The lowest BCUT2D eigenvalue weighted by molar-refractivity contribution is -0.111. The Morgan fingerprint density at radius 3 is 2.77 bits per heavy atom. The van der Waals surface area contributed by atoms with Crippen LogP contribution in [0.15, 0.2) is 36.4 Å². The second-order valence-electron chi connectivity index (χ2n) is 6.45. The standard InChI is InChI=1S/C18H19N3O3S2/c22-17(9-6-13-4-2-1-3-5-13)20-18-19-15-10-11-21(12-16(15)25-18)26(23,24)14-7-8-14/h1-6,9,14H,7-8,10-12H2,(H,19,20,22). The summed E-state index contributed by atoms with van der Waals surface area (Å²) in [6, 6.07) is 9.58. The van der Waals surface area contributed by atoms with Crippen LogP contribution in [0.25, 0.3) is 6.08 Å². The van der Waals surface area contributed by atoms with Gasteiger partial charge >= 0.3 is 0 Å². The molecular formula is C18H19N3O3S2. The van der Waals surface area contributed by atoms with Crippen molar-refractivity contribution in [1.82, 2.24) is 9.29 Å². The number of carbonyl (C=O) groups excluding carboxylic acids is 1. The van der Waals surface area contributed by atoms with Gasteiger partial charge in [0.25, 0.3) is 0 Å². The summed E-state index contributed by atoms with van der Waals surface area (Å²) < 4.78 is 26.3. The van der Waals surface area contributed by atoms with Crippen LogP contribution in [0.5, 0.6) is 0 Å². The highest BCUT2D eigenvalue weighted by Gasteiger charge is 2.41. The number of rotatable bonds is 5. The van der Waals surface area contributed by atoms with Crippen LogP contribution in [0, 0.1) is 0 Å². The molecule has 0 unspecified atom stereocenters. The fraction of sp³-hybridized carbons (Fsp3) is 0.333. The molecule has 2 heterocycles. The van der Waals surface area contributed by atoms with Gasteiger partial charge in [0.1, 0.15) is 0 Å². The van der Waals surface area contributed by atoms with Gasteiger partial charge in [0, 0.05) is 30.5 Å². The van der Waals surface area contributed by atoms with Crippen molar-refractivity contribution in [2.24, 2.45) is 0 Å². The molecule has 1 saturated carbocycles. The van der Waals surface area contributed by atoms with E-state index in [1.165, 1.54) is 17.4 Å². The molecule has 2 aromatic rings. The minimum Gasteiger partial charge on any atom is -0.298 e. The van der Waals surface area contributed by atoms with Gasteiger partial charge in [0.2, 0.25) is 15.9 Å². The Labute approximate surface area is 156 Å². The number of nitrogens with zero attached hydrogens (tertiary/aromatic N) is 2. The van der Waals surface area contributed by atoms with Crippen molar-refractivity contribution in [2.45, 2.75) is 31.1 Å². The second-order valence-corrected chi connectivity index (χ2v) is 9.75. The molecule has 0 spiro atoms. The lowest BCUT2D eigenvalue weighted by Gasteiger charge is -2.25. The normalized spacial score (nSPS) is 18.0. The zero-order valence-corrected chi connectivity index (χ0v) is 15.7. The quantitative estimate of drug-likeness (QED) is 0.798. The van der Waals surface area contributed by atoms with Crippen LogP contribution in [0.3, 0.4) is 0 Å². The van der Waals surface area contributed by atoms with Crippen molar-refractivity contribution >= 4 is 38.5 Å². The zero-order chi connectivity index (χ0) is 18.1. The number of benzene rings is 1. The molecule has 0 saturated heterocycles. The van der Waals surface area contributed by atoms with Crippen LogP contribution < -0.4 is 5.32 Å². The number of fused-ring (bicyclic) bond motifs is 1. The highest BCUT2D eigenvalue weighted by Crippen LogP contribution is 2.35. The highest BCUT2D eigenvalue weighted by molar-refractivity contribution is 7.90. The predicted molar refractivity (Wildman–Crippen MR) is 102 cm³/mol. The van der Waals surface area contributed by atoms with Gasteiger partial charge in [-0.2, -0.15) is 4.31 Å². The Morgan fingerprint density at radius 1 is 1.27 bits per heavy atom. The molecule has 1 fully saturated rings. The Kier molecular flexibility index (Phi) is 4.64. The van der Waals surface area contributed by atoms with Crippen molar-refractivity contribution in [3.8, 4) is 0 Å². The molecule has 1 aliphatic heterocycles. The first-order valence-electron chi connectivity index (χ1n) is 8.54. The number of thiazole rings is 1. The molecule has 1 aliphatic carbocycles. The maximum Gasteiger partial charge on any atom is 0.250 e. The van der Waals surface area contributed by atoms with E-state index in [0.29, 0.717) is 24.6 Å². The van der Waals surface area contributed by atoms with Crippen molar-refractivity contribution < 1.29 is 13.2 Å². The number of amides is 1. The molecule has 4 rings (SSSR count). The lowest BCUT2D eigenvalue weighted by atomic mass is 10.2. The predicted octanol–water partition coefficient (Wildman–Crippen LogP) is 2.65. The summed E-state index contributed by atoms with van der Waals surface area (Å²) in [5.74, 6) is -0.248. The number of hydrogen-bond acceptors (Lipinski definition) is 5. The minimum absolute atomic E-state index is 0.195. The maximum absolute atomic E-state index is 12.4. The van der Waals surface area contributed by atoms with E-state index in [4.69, 9.17) is 0 Å². The summed E-state index contributed by atoms with van der Waals surface area (Å²) in [6.45, 7) is 0.832. The van der Waals surface area contributed by atoms with Crippen molar-refractivity contribution in [3.63, 3.8) is 0 Å². The molecule has 0 atom stereocenters. The third-order valence-electron chi connectivity index (χ3n) is 4.46. The summed E-state index contributed by atoms with van der Waals surface area (Å²) in [6.07, 6.45) is 5.34. The Hall–Kier alpha value is -2.03. The molecule has 1 amide bonds. The Balaban J connectivity index is 1.42. The van der Waals surface area contributed by atoms with Gasteiger partial charge in [-0.1, -0.05) is 30.3 Å². The van der Waals surface area contributed by atoms with E-state index in [1.807, 2.05) is 30.3 Å². The third kappa shape index (κ3) is 3.72. The molecule has 0 bridgehead atoms. The number of carbonyl (C=O) groups is 1. The van der Waals surface area contributed by atoms with Gasteiger partial charge in [-0.25, -0.2) is 13.4 Å². The van der Waals surface area contributed by atoms with E-state index < -0.39 is 10.0 Å². The van der Waals surface area contributed by atoms with Crippen LogP contribution in [0.1, 0.15) is 29.0 Å². The van der Waals surface area contributed by atoms with Crippen LogP contribution in [0.4, 0.5) is 5.13 Å². The fourth-order valence-corrected chi connectivity index (χ4v) is 5.82. The smallest absolute Gasteiger partial charge is 0.250 e. The van der Waals surface area contributed by atoms with Gasteiger partial charge in [0.15, 0.2) is 5.13 Å². The first-order valence-corrected chi connectivity index (χ1v) is 10.9. The zero-order valence-electron chi connectivity index (χ0n) is 14.1. The average molecular weight is 390 g/mol. The van der Waals surface area contributed by atoms with Gasteiger partial charge in [0.05, 0.1) is 10.9 Å². The molecule has 8 heteroatoms. The molecule has 1 aromatic heterocycles. The van der Waals surface area contributed by atoms with Gasteiger partial charge in [-0.15, -0.1) is 11.3 Å². The van der Waals surface area contributed by atoms with Gasteiger partial charge in [-0.3, -0.25) is 10.1 Å². The average Bonchev–Trinajstić information content (AvgIpc) is 3.42. The molecule has 0 radical (unpaired) electrons. The number of hydrogen-bond donors (Lipinski definition) is 1. The van der Waals surface area contributed by atoms with E-state index in [-0.39, 0.29) is 11.2 Å². The molecule has 2 aliphatic rings. The molecular weight excluding hydrogens is 370 g/mol. The highest BCUT2D eigenvalue weighted by atomic mass is 32.2. The Bertz CT molecular complexity index is 947. The summed E-state index contributed by atoms with van der Waals surface area (Å²) >= 11 is 1.35. The summed E-state index contributed by atoms with van der Waals surface area (Å²) in [4.78, 5) is 17.5. The maximum atomic E-state index is 12.4. The largest absolute Gasteiger partial charge is 0.298 e. The molecule has 1 aromatic carbocycles. The summed E-state index contributed by atoms with van der Waals surface area (Å²) in [5.41, 5.74) is 1.83. The molecule has 26 heavy (non-hydrogen) atoms. The van der Waals surface area contributed by atoms with E-state index in [0.717, 1.165) is 29.0 Å². The van der Waals surface area contributed by atoms with Gasteiger partial charge in [-0.05, 0) is 24.5 Å². The SMILES string of the molecule is O=C(C=Cc1ccccc1)Nc1nc2c(s1)CN(S(=O)(=O)C1CC1)CC2. The van der Waals surface area contributed by atoms with Crippen molar-refractivity contribution in [3.05, 3.63) is 52.5 Å². The fourth-order valence-electron chi connectivity index (χ4n) is 2.90. The number of sulfonamides is 1. The summed E-state index contributed by atoms with van der Waals surface area (Å²) in [5, 5.41) is 3.09. The lowest BCUT2D eigenvalue weighted by Crippen LogP contribution is -2.37. The third-order valence-corrected chi connectivity index (χ3v) is 7.80. The number of nitrogens with one attached hydrogen (secondary N) is 1. The first-order chi connectivity index (χ1) is 12.5. The van der Waals surface area contributed by atoms with E-state index in [2.05, 4.69) is 10.3 Å². The molecule has 1 N–H and O–H groups in total. The van der Waals surface area contributed by atoms with Crippen LogP contribution in [0.2, 0.25) is 0 Å². The van der Waals surface area contributed by atoms with Crippen molar-refractivity contribution in [1.29, 1.82) is 0 Å². The van der Waals surface area contributed by atoms with E-state index in [9.17, 15) is 13.2 Å². The van der Waals surface area contributed by atoms with Crippen molar-refractivity contribution in [2.75, 3.05) is 11.9 Å².